The molecule has 4 aromatic rings. The Bertz CT molecular complexity index is 2630. The lowest BCUT2D eigenvalue weighted by Crippen LogP contribution is -2.49. The molecule has 9 rings (SSSR count). The van der Waals surface area contributed by atoms with Crippen LogP contribution in [0.3, 0.4) is 0 Å². The minimum absolute atomic E-state index is 0. The van der Waals surface area contributed by atoms with Crippen molar-refractivity contribution in [1.29, 1.82) is 0 Å². The smallest absolute Gasteiger partial charge is 0.302 e. The number of nitro groups is 2. The Kier molecular flexibility index (Phi) is 22.4. The fourth-order valence-electron chi connectivity index (χ4n) is 8.34. The van der Waals surface area contributed by atoms with Crippen LogP contribution >= 0.6 is 12.4 Å². The molecule has 4 saturated carbocycles. The molecule has 0 radical (unpaired) electrons. The molecule has 1 aliphatic heterocycles. The van der Waals surface area contributed by atoms with Crippen molar-refractivity contribution in [2.45, 2.75) is 113 Å². The van der Waals surface area contributed by atoms with E-state index in [1.165, 1.54) is 41.9 Å². The summed E-state index contributed by atoms with van der Waals surface area (Å²) < 4.78 is 33.4. The fourth-order valence-corrected chi connectivity index (χ4v) is 8.34. The predicted molar refractivity (Wildman–Crippen MR) is 278 cm³/mol. The third-order valence-electron chi connectivity index (χ3n) is 13.0. The lowest BCUT2D eigenvalue weighted by Gasteiger charge is -2.46. The summed E-state index contributed by atoms with van der Waals surface area (Å²) in [6.45, 7) is 28.6. The number of fused-ring (bicyclic) bond motifs is 1. The quantitative estimate of drug-likeness (QED) is 0.0476. The molecular formula is C51H61ClFN11O8. The number of nitrogens with one attached hydrogen (secondary N) is 2. The molecule has 0 amide bonds. The Morgan fingerprint density at radius 1 is 0.625 bits per heavy atom. The monoisotopic (exact) mass is 1010 g/mol. The van der Waals surface area contributed by atoms with Crippen molar-refractivity contribution in [2.24, 2.45) is 5.73 Å². The molecule has 0 bridgehead atoms. The highest BCUT2D eigenvalue weighted by atomic mass is 35.5. The number of hydrogen-bond acceptors (Lipinski definition) is 13. The van der Waals surface area contributed by atoms with Gasteiger partial charge in [0.05, 0.1) is 66.2 Å². The second kappa shape index (κ2) is 28.0. The number of methoxy groups -OCH3 is 4. The Labute approximate surface area is 425 Å². The van der Waals surface area contributed by atoms with E-state index in [1.54, 1.807) is 46.6 Å². The Balaban J connectivity index is 0.000000200. The molecule has 4 aliphatic carbocycles. The minimum atomic E-state index is -0.978. The number of rotatable bonds is 11. The summed E-state index contributed by atoms with van der Waals surface area (Å²) in [5.41, 5.74) is 17.1. The van der Waals surface area contributed by atoms with Gasteiger partial charge in [0.25, 0.3) is 5.69 Å². The molecule has 4 aromatic carbocycles. The topological polar surface area (TPSA) is 220 Å². The number of hydrogen-bond donors (Lipinski definition) is 4. The van der Waals surface area contributed by atoms with Crippen LogP contribution in [0.25, 0.3) is 19.4 Å². The summed E-state index contributed by atoms with van der Waals surface area (Å²) in [6, 6.07) is 20.4. The molecule has 0 atom stereocenters. The molecule has 72 heavy (non-hydrogen) atoms. The Hall–Kier alpha value is -7.14. The van der Waals surface area contributed by atoms with E-state index in [-0.39, 0.29) is 35.9 Å². The van der Waals surface area contributed by atoms with Crippen molar-refractivity contribution in [3.05, 3.63) is 150 Å². The standard InChI is InChI=1S/C15H18N2O.C12H13N3O3.C12H15N3O.C7H3FN2O2.C5H11NO.ClH/c1-16-12-6-5-11-4-3-7-17(15(11)8-12)13-9-14(10-13)18-2;1-13-8-3-4-12(15(16)17)11(7-8)14-9-5-10(6-9)18-2;1-14-8-3-4-11(13)12(7-8)15-9-5-10(6-9)16-2;1-9-5-2-3-7(10(11)12)6(8)4-5;1-7-5-2-4(6)3-5;/h5-6,8,13-14H,3-4,7,9-10H2,2H3;3-4,7,9-10,14H,5-6H2,2H3;3-4,7,9-10,15H,5-6,13H2,2H3;2-4H;4-5H,2-3,6H2,1H3;1H. The molecule has 0 unspecified atom stereocenters. The number of aryl methyl sites for hydroxylation is 1. The first-order valence-electron chi connectivity index (χ1n) is 23.1. The van der Waals surface area contributed by atoms with Gasteiger partial charge in [-0.3, -0.25) is 20.2 Å². The predicted octanol–water partition coefficient (Wildman–Crippen LogP) is 11.1. The van der Waals surface area contributed by atoms with Crippen molar-refractivity contribution < 1.29 is 33.2 Å². The summed E-state index contributed by atoms with van der Waals surface area (Å²) in [6.07, 6.45) is 11.9. The summed E-state index contributed by atoms with van der Waals surface area (Å²) in [5.74, 6) is -0.978. The normalized spacial score (nSPS) is 22.6. The van der Waals surface area contributed by atoms with Crippen molar-refractivity contribution in [1.82, 2.24) is 0 Å². The Morgan fingerprint density at radius 3 is 1.53 bits per heavy atom. The zero-order valence-electron chi connectivity index (χ0n) is 40.7. The second-order valence-corrected chi connectivity index (χ2v) is 17.6. The third-order valence-corrected chi connectivity index (χ3v) is 13.0. The van der Waals surface area contributed by atoms with Crippen LogP contribution in [0.1, 0.15) is 63.4 Å². The molecule has 19 nitrogen and oxygen atoms in total. The molecule has 382 valence electrons. The van der Waals surface area contributed by atoms with Gasteiger partial charge in [-0.25, -0.2) is 23.8 Å². The highest BCUT2D eigenvalue weighted by molar-refractivity contribution is 5.85. The highest BCUT2D eigenvalue weighted by Gasteiger charge is 2.36. The maximum absolute atomic E-state index is 12.7. The van der Waals surface area contributed by atoms with E-state index in [9.17, 15) is 24.6 Å². The molecule has 0 spiro atoms. The number of nitrogens with zero attached hydrogens (tertiary/aromatic N) is 7. The number of ether oxygens (including phenoxy) is 4. The lowest BCUT2D eigenvalue weighted by atomic mass is 9.85. The second-order valence-electron chi connectivity index (χ2n) is 17.6. The zero-order chi connectivity index (χ0) is 51.6. The van der Waals surface area contributed by atoms with Crippen LogP contribution in [0, 0.1) is 52.3 Å². The average molecular weight is 1010 g/mol. The molecule has 21 heteroatoms. The summed E-state index contributed by atoms with van der Waals surface area (Å²) in [7, 11) is 6.91. The van der Waals surface area contributed by atoms with Gasteiger partial charge in [-0.2, -0.15) is 0 Å². The summed E-state index contributed by atoms with van der Waals surface area (Å²) >= 11 is 0. The van der Waals surface area contributed by atoms with Crippen LogP contribution in [0.4, 0.5) is 61.3 Å². The van der Waals surface area contributed by atoms with Crippen LogP contribution in [-0.2, 0) is 25.4 Å². The molecule has 6 N–H and O–H groups in total. The number of benzene rings is 4. The average Bonchev–Trinajstić information content (AvgIpc) is 3.33. The zero-order valence-corrected chi connectivity index (χ0v) is 41.5. The van der Waals surface area contributed by atoms with Gasteiger partial charge in [0.15, 0.2) is 28.6 Å². The number of halogens is 2. The molecule has 5 aliphatic rings. The van der Waals surface area contributed by atoms with Gasteiger partial charge < -0.3 is 45.9 Å². The van der Waals surface area contributed by atoms with Gasteiger partial charge in [-0.1, -0.05) is 18.2 Å². The van der Waals surface area contributed by atoms with Gasteiger partial charge in [-0.15, -0.1) is 12.4 Å². The van der Waals surface area contributed by atoms with Crippen molar-refractivity contribution in [3.63, 3.8) is 0 Å². The molecule has 0 saturated heterocycles. The number of nitro benzene ring substituents is 2. The number of nitrogens with two attached hydrogens (primary N) is 2. The van der Waals surface area contributed by atoms with E-state index >= 15 is 0 Å². The number of anilines is 4. The first kappa shape index (κ1) is 57.4. The van der Waals surface area contributed by atoms with E-state index in [4.69, 9.17) is 56.7 Å². The van der Waals surface area contributed by atoms with Gasteiger partial charge in [0, 0.05) is 82.7 Å². The molecular weight excluding hydrogens is 949 g/mol. The van der Waals surface area contributed by atoms with Crippen molar-refractivity contribution >= 4 is 69.3 Å². The van der Waals surface area contributed by atoms with Crippen LogP contribution in [0.15, 0.2) is 72.8 Å². The van der Waals surface area contributed by atoms with Crippen LogP contribution < -0.4 is 27.0 Å². The summed E-state index contributed by atoms with van der Waals surface area (Å²) in [5, 5.41) is 27.4. The van der Waals surface area contributed by atoms with Gasteiger partial charge in [0.1, 0.15) is 5.69 Å². The molecule has 4 fully saturated rings. The van der Waals surface area contributed by atoms with E-state index < -0.39 is 21.4 Å². The van der Waals surface area contributed by atoms with E-state index in [0.717, 1.165) is 87.8 Å². The first-order chi connectivity index (χ1) is 34.1. The molecule has 1 heterocycles. The minimum Gasteiger partial charge on any atom is -0.397 e. The SMILES string of the molecule is COC1CC(N)C1.Cl.[C-]#[N+]c1ccc(N)c(NC2CC(OC)C2)c1.[C-]#[N+]c1ccc([N+](=O)[O-])c(F)c1.[C-]#[N+]c1ccc([N+](=O)[O-])c(NC2CC(OC)C2)c1.[C-]#[N+]c1ccc2c(c1)N(C1CC(OC)C1)CCC2. The van der Waals surface area contributed by atoms with Crippen molar-refractivity contribution in [3.8, 4) is 0 Å². The van der Waals surface area contributed by atoms with E-state index in [2.05, 4.69) is 47.0 Å². The maximum atomic E-state index is 12.7. The highest BCUT2D eigenvalue weighted by Crippen LogP contribution is 2.39. The Morgan fingerprint density at radius 2 is 1.06 bits per heavy atom. The van der Waals surface area contributed by atoms with Crippen LogP contribution in [0.2, 0.25) is 0 Å². The fraction of sp³-hybridized carbons (Fsp3) is 0.451. The number of nitrogen functional groups attached to an aromatic ring is 1. The van der Waals surface area contributed by atoms with Crippen LogP contribution in [-0.4, -0.2) is 93.4 Å². The first-order valence-corrected chi connectivity index (χ1v) is 23.1. The third kappa shape index (κ3) is 15.9. The molecule has 0 aromatic heterocycles. The largest absolute Gasteiger partial charge is 0.397 e. The van der Waals surface area contributed by atoms with Gasteiger partial charge in [0.2, 0.25) is 0 Å². The summed E-state index contributed by atoms with van der Waals surface area (Å²) in [4.78, 5) is 35.3. The van der Waals surface area contributed by atoms with E-state index in [1.807, 2.05) is 6.07 Å². The maximum Gasteiger partial charge on any atom is 0.302 e. The van der Waals surface area contributed by atoms with E-state index in [0.29, 0.717) is 59.2 Å². The lowest BCUT2D eigenvalue weighted by molar-refractivity contribution is -0.387. The van der Waals surface area contributed by atoms with Gasteiger partial charge in [-0.05, 0) is 112 Å². The van der Waals surface area contributed by atoms with Crippen LogP contribution in [0.5, 0.6) is 0 Å². The van der Waals surface area contributed by atoms with Gasteiger partial charge >= 0.3 is 5.69 Å². The van der Waals surface area contributed by atoms with Crippen molar-refractivity contribution in [2.75, 3.05) is 56.3 Å².